The summed E-state index contributed by atoms with van der Waals surface area (Å²) in [6.45, 7) is 7.39. The lowest BCUT2D eigenvalue weighted by Crippen LogP contribution is -2.07. The molecule has 2 aromatic heterocycles. The monoisotopic (exact) mass is 260 g/mol. The third kappa shape index (κ3) is 3.12. The number of anilines is 1. The molecule has 0 radical (unpaired) electrons. The molecule has 0 saturated carbocycles. The summed E-state index contributed by atoms with van der Waals surface area (Å²) < 4.78 is 1.84. The lowest BCUT2D eigenvalue weighted by Gasteiger charge is -2.07. The molecule has 0 saturated heterocycles. The number of aromatic nitrogens is 3. The second kappa shape index (κ2) is 5.84. The highest BCUT2D eigenvalue weighted by atomic mass is 16.3. The van der Waals surface area contributed by atoms with Crippen LogP contribution in [0.2, 0.25) is 0 Å². The lowest BCUT2D eigenvalue weighted by atomic mass is 10.2. The Hall–Kier alpha value is -1.88. The molecule has 2 N–H and O–H groups in total. The van der Waals surface area contributed by atoms with E-state index in [2.05, 4.69) is 15.4 Å². The molecule has 0 aromatic carbocycles. The number of pyridine rings is 1. The largest absolute Gasteiger partial charge is 0.394 e. The van der Waals surface area contributed by atoms with Gasteiger partial charge in [0, 0.05) is 24.0 Å². The van der Waals surface area contributed by atoms with E-state index in [1.54, 1.807) is 6.20 Å². The molecule has 2 heterocycles. The molecule has 0 spiro atoms. The van der Waals surface area contributed by atoms with Crippen molar-refractivity contribution in [2.45, 2.75) is 33.9 Å². The molecule has 19 heavy (non-hydrogen) atoms. The Morgan fingerprint density at radius 3 is 2.79 bits per heavy atom. The topological polar surface area (TPSA) is 63.0 Å². The quantitative estimate of drug-likeness (QED) is 0.860. The molecule has 102 valence electrons. The van der Waals surface area contributed by atoms with Gasteiger partial charge < -0.3 is 10.4 Å². The Bertz CT molecular complexity index is 563. The first kappa shape index (κ1) is 13.5. The number of hydrogen-bond acceptors (Lipinski definition) is 4. The van der Waals surface area contributed by atoms with Crippen molar-refractivity contribution in [3.05, 3.63) is 40.8 Å². The predicted octanol–water partition coefficient (Wildman–Crippen LogP) is 1.81. The zero-order valence-corrected chi connectivity index (χ0v) is 11.6. The summed E-state index contributed by atoms with van der Waals surface area (Å²) >= 11 is 0. The number of rotatable bonds is 5. The van der Waals surface area contributed by atoms with Gasteiger partial charge in [-0.15, -0.1) is 0 Å². The number of nitrogens with zero attached hydrogens (tertiary/aromatic N) is 3. The van der Waals surface area contributed by atoms with Crippen LogP contribution in [0.3, 0.4) is 0 Å². The maximum Gasteiger partial charge on any atom is 0.126 e. The van der Waals surface area contributed by atoms with Crippen LogP contribution in [0.25, 0.3) is 0 Å². The summed E-state index contributed by atoms with van der Waals surface area (Å²) in [5.74, 6) is 0.869. The fourth-order valence-corrected chi connectivity index (χ4v) is 2.11. The van der Waals surface area contributed by atoms with E-state index in [4.69, 9.17) is 5.11 Å². The molecule has 0 amide bonds. The number of aliphatic hydroxyl groups is 1. The van der Waals surface area contributed by atoms with Gasteiger partial charge in [0.1, 0.15) is 5.82 Å². The molecule has 2 aromatic rings. The fourth-order valence-electron chi connectivity index (χ4n) is 2.11. The second-order valence-corrected chi connectivity index (χ2v) is 4.67. The van der Waals surface area contributed by atoms with E-state index in [9.17, 15) is 0 Å². The third-order valence-electron chi connectivity index (χ3n) is 3.20. The first-order valence-electron chi connectivity index (χ1n) is 6.42. The van der Waals surface area contributed by atoms with Gasteiger partial charge in [0.2, 0.25) is 0 Å². The highest BCUT2D eigenvalue weighted by molar-refractivity contribution is 5.39. The summed E-state index contributed by atoms with van der Waals surface area (Å²) in [5, 5.41) is 16.7. The Kier molecular flexibility index (Phi) is 4.16. The van der Waals surface area contributed by atoms with Crippen molar-refractivity contribution in [1.82, 2.24) is 14.8 Å². The average Bonchev–Trinajstić information content (AvgIpc) is 2.63. The van der Waals surface area contributed by atoms with E-state index in [1.807, 2.05) is 37.6 Å². The Labute approximate surface area is 113 Å². The minimum absolute atomic E-state index is 0.105. The van der Waals surface area contributed by atoms with Crippen LogP contribution in [0, 0.1) is 20.8 Å². The molecular weight excluding hydrogens is 240 g/mol. The molecule has 0 fully saturated rings. The summed E-state index contributed by atoms with van der Waals surface area (Å²) in [4.78, 5) is 4.28. The van der Waals surface area contributed by atoms with E-state index in [0.717, 1.165) is 22.8 Å². The van der Waals surface area contributed by atoms with Crippen molar-refractivity contribution in [2.24, 2.45) is 0 Å². The van der Waals surface area contributed by atoms with E-state index in [1.165, 1.54) is 5.56 Å². The molecular formula is C14H20N4O. The van der Waals surface area contributed by atoms with Crippen molar-refractivity contribution in [3.63, 3.8) is 0 Å². The van der Waals surface area contributed by atoms with Crippen LogP contribution in [0.5, 0.6) is 0 Å². The van der Waals surface area contributed by atoms with Crippen LogP contribution in [0.4, 0.5) is 5.82 Å². The van der Waals surface area contributed by atoms with Gasteiger partial charge in [-0.05, 0) is 38.5 Å². The molecule has 0 unspecified atom stereocenters. The Morgan fingerprint density at radius 2 is 2.11 bits per heavy atom. The van der Waals surface area contributed by atoms with Gasteiger partial charge in [-0.2, -0.15) is 5.10 Å². The van der Waals surface area contributed by atoms with Crippen LogP contribution in [0.15, 0.2) is 18.3 Å². The van der Waals surface area contributed by atoms with Gasteiger partial charge in [-0.3, -0.25) is 4.68 Å². The minimum atomic E-state index is 0.105. The van der Waals surface area contributed by atoms with Gasteiger partial charge in [0.25, 0.3) is 0 Å². The molecule has 2 rings (SSSR count). The number of aliphatic hydroxyl groups excluding tert-OH is 1. The summed E-state index contributed by atoms with van der Waals surface area (Å²) in [7, 11) is 0. The van der Waals surface area contributed by atoms with Crippen LogP contribution < -0.4 is 5.32 Å². The molecule has 5 nitrogen and oxygen atoms in total. The minimum Gasteiger partial charge on any atom is -0.394 e. The van der Waals surface area contributed by atoms with Gasteiger partial charge in [-0.1, -0.05) is 0 Å². The van der Waals surface area contributed by atoms with E-state index < -0.39 is 0 Å². The van der Waals surface area contributed by atoms with Gasteiger partial charge in [-0.25, -0.2) is 4.98 Å². The lowest BCUT2D eigenvalue weighted by molar-refractivity contribution is 0.268. The third-order valence-corrected chi connectivity index (χ3v) is 3.20. The summed E-state index contributed by atoms with van der Waals surface area (Å²) in [6, 6.07) is 3.99. The van der Waals surface area contributed by atoms with E-state index >= 15 is 0 Å². The van der Waals surface area contributed by atoms with Crippen molar-refractivity contribution >= 4 is 5.82 Å². The SMILES string of the molecule is Cc1ccnc(NCc2c(C)nn(CCO)c2C)c1. The number of aryl methyl sites for hydroxylation is 2. The number of nitrogens with one attached hydrogen (secondary N) is 1. The van der Waals surface area contributed by atoms with Crippen molar-refractivity contribution < 1.29 is 5.11 Å². The van der Waals surface area contributed by atoms with Crippen molar-refractivity contribution in [1.29, 1.82) is 0 Å². The van der Waals surface area contributed by atoms with Gasteiger partial charge in [0.15, 0.2) is 0 Å². The standard InChI is InChI=1S/C14H20N4O/c1-10-4-5-15-14(8-10)16-9-13-11(2)17-18(6-7-19)12(13)3/h4-5,8,19H,6-7,9H2,1-3H3,(H,15,16). The molecule has 0 atom stereocenters. The zero-order valence-electron chi connectivity index (χ0n) is 11.6. The second-order valence-electron chi connectivity index (χ2n) is 4.67. The van der Waals surface area contributed by atoms with Crippen molar-refractivity contribution in [2.75, 3.05) is 11.9 Å². The Morgan fingerprint density at radius 1 is 1.32 bits per heavy atom. The average molecular weight is 260 g/mol. The van der Waals surface area contributed by atoms with Crippen molar-refractivity contribution in [3.8, 4) is 0 Å². The zero-order chi connectivity index (χ0) is 13.8. The highest BCUT2D eigenvalue weighted by Gasteiger charge is 2.10. The van der Waals surface area contributed by atoms with Crippen LogP contribution >= 0.6 is 0 Å². The van der Waals surface area contributed by atoms with Gasteiger partial charge >= 0.3 is 0 Å². The molecule has 0 aliphatic carbocycles. The fraction of sp³-hybridized carbons (Fsp3) is 0.429. The van der Waals surface area contributed by atoms with Gasteiger partial charge in [0.05, 0.1) is 18.8 Å². The van der Waals surface area contributed by atoms with Crippen LogP contribution in [-0.2, 0) is 13.1 Å². The molecule has 0 bridgehead atoms. The first-order valence-corrected chi connectivity index (χ1v) is 6.42. The highest BCUT2D eigenvalue weighted by Crippen LogP contribution is 2.15. The maximum atomic E-state index is 9.00. The first-order chi connectivity index (χ1) is 9.11. The van der Waals surface area contributed by atoms with Crippen LogP contribution in [0.1, 0.15) is 22.5 Å². The molecule has 0 aliphatic heterocycles. The molecule has 5 heteroatoms. The normalized spacial score (nSPS) is 10.7. The predicted molar refractivity (Wildman–Crippen MR) is 75.1 cm³/mol. The van der Waals surface area contributed by atoms with Crippen LogP contribution in [-0.4, -0.2) is 26.5 Å². The molecule has 0 aliphatic rings. The smallest absolute Gasteiger partial charge is 0.126 e. The van der Waals surface area contributed by atoms with E-state index in [0.29, 0.717) is 13.1 Å². The maximum absolute atomic E-state index is 9.00. The Balaban J connectivity index is 2.11. The summed E-state index contributed by atoms with van der Waals surface area (Å²) in [5.41, 5.74) is 4.43. The number of hydrogen-bond donors (Lipinski definition) is 2. The van der Waals surface area contributed by atoms with E-state index in [-0.39, 0.29) is 6.61 Å². The summed E-state index contributed by atoms with van der Waals surface area (Å²) in [6.07, 6.45) is 1.80.